The number of nitrogens with one attached hydrogen (secondary N) is 1. The van der Waals surface area contributed by atoms with Crippen molar-refractivity contribution in [1.29, 1.82) is 0 Å². The summed E-state index contributed by atoms with van der Waals surface area (Å²) in [5, 5.41) is 4.00. The lowest BCUT2D eigenvalue weighted by molar-refractivity contribution is -0.131. The molecule has 4 rings (SSSR count). The topological polar surface area (TPSA) is 55.9 Å². The average molecular weight is 427 g/mol. The molecule has 1 atom stereocenters. The maximum absolute atomic E-state index is 12.8. The number of hydrogen-bond acceptors (Lipinski definition) is 4. The normalized spacial score (nSPS) is 18.6. The summed E-state index contributed by atoms with van der Waals surface area (Å²) < 4.78 is 0. The molecule has 2 aliphatic heterocycles. The maximum Gasteiger partial charge on any atom is 0.242 e. The van der Waals surface area contributed by atoms with E-state index in [1.54, 1.807) is 11.9 Å². The molecule has 0 aliphatic carbocycles. The third-order valence-corrected chi connectivity index (χ3v) is 6.48. The van der Waals surface area contributed by atoms with Gasteiger partial charge in [-0.3, -0.25) is 9.59 Å². The lowest BCUT2D eigenvalue weighted by Gasteiger charge is -2.41. The monoisotopic (exact) mass is 426 g/mol. The number of fused-ring (bicyclic) bond motifs is 1. The number of halogens is 1. The van der Waals surface area contributed by atoms with Gasteiger partial charge in [-0.1, -0.05) is 17.7 Å². The largest absolute Gasteiger partial charge is 0.376 e. The highest BCUT2D eigenvalue weighted by atomic mass is 35.5. The molecule has 1 fully saturated rings. The van der Waals surface area contributed by atoms with Gasteiger partial charge in [-0.25, -0.2) is 0 Å². The third kappa shape index (κ3) is 3.97. The van der Waals surface area contributed by atoms with Gasteiger partial charge in [-0.05, 0) is 55.3 Å². The molecular formula is C23H27ClN4O2. The number of benzene rings is 2. The van der Waals surface area contributed by atoms with Crippen molar-refractivity contribution in [3.63, 3.8) is 0 Å². The van der Waals surface area contributed by atoms with Crippen molar-refractivity contribution in [2.45, 2.75) is 26.3 Å². The van der Waals surface area contributed by atoms with Crippen LogP contribution in [0, 0.1) is 6.92 Å². The van der Waals surface area contributed by atoms with E-state index in [-0.39, 0.29) is 24.4 Å². The Morgan fingerprint density at radius 1 is 1.20 bits per heavy atom. The number of rotatable bonds is 4. The summed E-state index contributed by atoms with van der Waals surface area (Å²) in [6.45, 7) is 6.60. The Morgan fingerprint density at radius 2 is 2.00 bits per heavy atom. The Morgan fingerprint density at radius 3 is 2.73 bits per heavy atom. The summed E-state index contributed by atoms with van der Waals surface area (Å²) in [5.41, 5.74) is 5.00. The Kier molecular flexibility index (Phi) is 5.60. The van der Waals surface area contributed by atoms with E-state index >= 15 is 0 Å². The van der Waals surface area contributed by atoms with Gasteiger partial charge in [0.25, 0.3) is 0 Å². The Labute approximate surface area is 182 Å². The van der Waals surface area contributed by atoms with Crippen LogP contribution >= 0.6 is 11.6 Å². The molecule has 2 aromatic carbocycles. The zero-order valence-corrected chi connectivity index (χ0v) is 18.4. The van der Waals surface area contributed by atoms with Crippen LogP contribution in [-0.2, 0) is 16.0 Å². The molecule has 6 nitrogen and oxygen atoms in total. The molecule has 0 saturated carbocycles. The van der Waals surface area contributed by atoms with Crippen LogP contribution in [0.4, 0.5) is 17.1 Å². The molecule has 0 bridgehead atoms. The zero-order chi connectivity index (χ0) is 21.4. The maximum atomic E-state index is 12.8. The molecule has 2 aliphatic rings. The number of piperazine rings is 1. The van der Waals surface area contributed by atoms with E-state index in [1.165, 1.54) is 0 Å². The first-order valence-corrected chi connectivity index (χ1v) is 10.6. The molecular weight excluding hydrogens is 400 g/mol. The van der Waals surface area contributed by atoms with Gasteiger partial charge in [0, 0.05) is 54.8 Å². The zero-order valence-electron chi connectivity index (χ0n) is 17.6. The summed E-state index contributed by atoms with van der Waals surface area (Å²) in [6.07, 6.45) is 0.444. The average Bonchev–Trinajstić information content (AvgIpc) is 3.01. The smallest absolute Gasteiger partial charge is 0.242 e. The van der Waals surface area contributed by atoms with Gasteiger partial charge in [0.2, 0.25) is 11.8 Å². The van der Waals surface area contributed by atoms with Gasteiger partial charge < -0.3 is 20.0 Å². The van der Waals surface area contributed by atoms with Gasteiger partial charge in [0.15, 0.2) is 0 Å². The van der Waals surface area contributed by atoms with Crippen LogP contribution in [0.25, 0.3) is 0 Å². The number of aryl methyl sites for hydroxylation is 1. The summed E-state index contributed by atoms with van der Waals surface area (Å²) in [7, 11) is 1.78. The van der Waals surface area contributed by atoms with Crippen molar-refractivity contribution >= 4 is 40.5 Å². The van der Waals surface area contributed by atoms with E-state index < -0.39 is 0 Å². The van der Waals surface area contributed by atoms with Gasteiger partial charge in [0.1, 0.15) is 0 Å². The fourth-order valence-corrected chi connectivity index (χ4v) is 4.34. The number of carbonyl (C=O) groups excluding carboxylic acids is 2. The number of amides is 2. The van der Waals surface area contributed by atoms with E-state index in [4.69, 9.17) is 11.6 Å². The molecule has 158 valence electrons. The quantitative estimate of drug-likeness (QED) is 0.814. The van der Waals surface area contributed by atoms with Gasteiger partial charge in [-0.15, -0.1) is 0 Å². The first kappa shape index (κ1) is 20.5. The van der Waals surface area contributed by atoms with Crippen LogP contribution in [-0.4, -0.2) is 56.0 Å². The van der Waals surface area contributed by atoms with E-state index in [1.807, 2.05) is 42.2 Å². The molecule has 7 heteroatoms. The predicted octanol–water partition coefficient (Wildman–Crippen LogP) is 3.32. The fourth-order valence-electron chi connectivity index (χ4n) is 4.22. The Balaban J connectivity index is 1.35. The van der Waals surface area contributed by atoms with Crippen molar-refractivity contribution in [3.05, 3.63) is 52.5 Å². The highest BCUT2D eigenvalue weighted by Gasteiger charge is 2.28. The number of nitrogens with zero attached hydrogens (tertiary/aromatic N) is 3. The molecule has 2 amide bonds. The summed E-state index contributed by atoms with van der Waals surface area (Å²) >= 11 is 6.15. The Hall–Kier alpha value is -2.73. The van der Waals surface area contributed by atoms with E-state index in [2.05, 4.69) is 23.2 Å². The third-order valence-electron chi connectivity index (χ3n) is 6.06. The summed E-state index contributed by atoms with van der Waals surface area (Å²) in [5.74, 6) is 0.181. The highest BCUT2D eigenvalue weighted by Crippen LogP contribution is 2.30. The number of carbonyl (C=O) groups is 2. The van der Waals surface area contributed by atoms with Crippen LogP contribution in [0.15, 0.2) is 36.4 Å². The molecule has 0 radical (unpaired) electrons. The van der Waals surface area contributed by atoms with Crippen LogP contribution < -0.4 is 15.1 Å². The highest BCUT2D eigenvalue weighted by molar-refractivity contribution is 6.31. The molecule has 0 unspecified atom stereocenters. The van der Waals surface area contributed by atoms with E-state index in [9.17, 15) is 9.59 Å². The molecule has 2 aromatic rings. The van der Waals surface area contributed by atoms with Crippen molar-refractivity contribution in [2.24, 2.45) is 0 Å². The fraction of sp³-hybridized carbons (Fsp3) is 0.391. The first-order chi connectivity index (χ1) is 14.3. The summed E-state index contributed by atoms with van der Waals surface area (Å²) in [6, 6.07) is 12.0. The number of hydrogen-bond donors (Lipinski definition) is 1. The number of anilines is 3. The first-order valence-electron chi connectivity index (χ1n) is 10.3. The van der Waals surface area contributed by atoms with Crippen LogP contribution in [0.2, 0.25) is 5.02 Å². The second kappa shape index (κ2) is 8.19. The minimum absolute atomic E-state index is 0.0827. The SMILES string of the molecule is Cc1cc(N2CCN(C(=O)CNc3ccc4c(c3)N(C)C(=O)C4)[C@H](C)C2)ccc1Cl. The van der Waals surface area contributed by atoms with Gasteiger partial charge in [-0.2, -0.15) is 0 Å². The van der Waals surface area contributed by atoms with E-state index in [0.29, 0.717) is 13.0 Å². The van der Waals surface area contributed by atoms with Gasteiger partial charge in [0.05, 0.1) is 13.0 Å². The second-order valence-corrected chi connectivity index (χ2v) is 8.55. The lowest BCUT2D eigenvalue weighted by Crippen LogP contribution is -2.55. The lowest BCUT2D eigenvalue weighted by atomic mass is 10.1. The van der Waals surface area contributed by atoms with Crippen molar-refractivity contribution in [1.82, 2.24) is 4.90 Å². The standard InChI is InChI=1S/C23H27ClN4O2/c1-15-10-19(6-7-20(15)24)27-8-9-28(16(2)14-27)23(30)13-25-18-5-4-17-11-22(29)26(3)21(17)12-18/h4-7,10,12,16,25H,8-9,11,13-14H2,1-3H3/t16-/m1/s1. The molecule has 0 aromatic heterocycles. The summed E-state index contributed by atoms with van der Waals surface area (Å²) in [4.78, 5) is 30.6. The van der Waals surface area contributed by atoms with Crippen molar-refractivity contribution < 1.29 is 9.59 Å². The minimum atomic E-state index is 0.0827. The molecule has 2 heterocycles. The molecule has 30 heavy (non-hydrogen) atoms. The Bertz CT molecular complexity index is 993. The van der Waals surface area contributed by atoms with Crippen molar-refractivity contribution in [3.8, 4) is 0 Å². The van der Waals surface area contributed by atoms with Crippen molar-refractivity contribution in [2.75, 3.05) is 48.3 Å². The predicted molar refractivity (Wildman–Crippen MR) is 122 cm³/mol. The second-order valence-electron chi connectivity index (χ2n) is 8.14. The molecule has 0 spiro atoms. The van der Waals surface area contributed by atoms with Crippen LogP contribution in [0.3, 0.4) is 0 Å². The molecule has 1 N–H and O–H groups in total. The van der Waals surface area contributed by atoms with Gasteiger partial charge >= 0.3 is 0 Å². The van der Waals surface area contributed by atoms with E-state index in [0.717, 1.165) is 46.3 Å². The molecule has 1 saturated heterocycles. The van der Waals surface area contributed by atoms with Crippen LogP contribution in [0.5, 0.6) is 0 Å². The van der Waals surface area contributed by atoms with Crippen LogP contribution in [0.1, 0.15) is 18.1 Å². The minimum Gasteiger partial charge on any atom is -0.376 e. The number of likely N-dealkylation sites (N-methyl/N-ethyl adjacent to an activating group) is 1.